The molecule has 0 saturated carbocycles. The zero-order valence-corrected chi connectivity index (χ0v) is 26.0. The average molecular weight is 620 g/mol. The van der Waals surface area contributed by atoms with Crippen LogP contribution in [0.25, 0.3) is 84.2 Å². The van der Waals surface area contributed by atoms with Gasteiger partial charge in [-0.15, -0.1) is 13.2 Å². The molecule has 0 bridgehead atoms. The highest BCUT2D eigenvalue weighted by Gasteiger charge is 2.20. The number of nitrogens with zero attached hydrogens (tertiary/aromatic N) is 5. The maximum Gasteiger partial charge on any atom is 0.227 e. The lowest BCUT2D eigenvalue weighted by Crippen LogP contribution is -2.01. The van der Waals surface area contributed by atoms with Crippen molar-refractivity contribution < 1.29 is 4.42 Å². The van der Waals surface area contributed by atoms with Gasteiger partial charge in [0.15, 0.2) is 23.1 Å². The molecule has 6 aromatic carbocycles. The third-order valence-electron chi connectivity index (χ3n) is 8.27. The largest absolute Gasteiger partial charge is 0.434 e. The third kappa shape index (κ3) is 5.02. The number of hydrogen-bond donors (Lipinski definition) is 0. The van der Waals surface area contributed by atoms with Crippen LogP contribution in [0.2, 0.25) is 0 Å². The summed E-state index contributed by atoms with van der Waals surface area (Å²) in [4.78, 5) is 19.7. The van der Waals surface area contributed by atoms with Crippen LogP contribution >= 0.6 is 0 Å². The Labute approximate surface area is 277 Å². The van der Waals surface area contributed by atoms with E-state index in [9.17, 15) is 0 Å². The van der Waals surface area contributed by atoms with E-state index >= 15 is 0 Å². The molecule has 0 atom stereocenters. The van der Waals surface area contributed by atoms with E-state index in [0.717, 1.165) is 60.8 Å². The predicted molar refractivity (Wildman–Crippen MR) is 195 cm³/mol. The number of hydrogen-bond acceptors (Lipinski definition) is 5. The molecule has 0 aliphatic carbocycles. The summed E-state index contributed by atoms with van der Waals surface area (Å²) in [6, 6.07) is 51.1. The minimum Gasteiger partial charge on any atom is -0.434 e. The van der Waals surface area contributed by atoms with Crippen LogP contribution in [-0.2, 0) is 0 Å². The topological polar surface area (TPSA) is 69.6 Å². The quantitative estimate of drug-likeness (QED) is 0.179. The lowest BCUT2D eigenvalue weighted by atomic mass is 10.1. The van der Waals surface area contributed by atoms with Gasteiger partial charge in [0, 0.05) is 38.7 Å². The molecule has 228 valence electrons. The molecule has 3 heterocycles. The van der Waals surface area contributed by atoms with Crippen molar-refractivity contribution in [3.05, 3.63) is 165 Å². The van der Waals surface area contributed by atoms with Gasteiger partial charge in [-0.05, 0) is 42.5 Å². The zero-order valence-electron chi connectivity index (χ0n) is 26.0. The fourth-order valence-corrected chi connectivity index (χ4v) is 6.13. The van der Waals surface area contributed by atoms with E-state index in [2.05, 4.69) is 66.3 Å². The summed E-state index contributed by atoms with van der Waals surface area (Å²) in [6.45, 7) is 6.00. The monoisotopic (exact) mass is 619 g/mol. The van der Waals surface area contributed by atoms with Crippen molar-refractivity contribution in [1.82, 2.24) is 24.5 Å². The summed E-state index contributed by atoms with van der Waals surface area (Å²) in [5, 5.41) is 2.24. The highest BCUT2D eigenvalue weighted by molar-refractivity contribution is 6.16. The van der Waals surface area contributed by atoms with Crippen molar-refractivity contribution >= 4 is 32.9 Å². The van der Waals surface area contributed by atoms with Crippen LogP contribution in [0.15, 0.2) is 169 Å². The Morgan fingerprint density at radius 1 is 0.458 bits per heavy atom. The second-order valence-corrected chi connectivity index (χ2v) is 11.1. The Morgan fingerprint density at radius 2 is 1.00 bits per heavy atom. The van der Waals surface area contributed by atoms with Gasteiger partial charge in [0.1, 0.15) is 5.52 Å². The van der Waals surface area contributed by atoms with Crippen molar-refractivity contribution in [2.24, 2.45) is 0 Å². The van der Waals surface area contributed by atoms with Gasteiger partial charge in [-0.2, -0.15) is 0 Å². The molecule has 0 spiro atoms. The summed E-state index contributed by atoms with van der Waals surface area (Å²) in [6.07, 6.45) is 0. The van der Waals surface area contributed by atoms with Gasteiger partial charge < -0.3 is 8.98 Å². The molecule has 6 nitrogen and oxygen atoms in total. The summed E-state index contributed by atoms with van der Waals surface area (Å²) in [5.74, 6) is 2.46. The van der Waals surface area contributed by atoms with Gasteiger partial charge in [-0.1, -0.05) is 109 Å². The molecule has 0 aliphatic heterocycles. The normalized spacial score (nSPS) is 11.1. The molecule has 3 aromatic heterocycles. The van der Waals surface area contributed by atoms with Gasteiger partial charge in [0.25, 0.3) is 0 Å². The van der Waals surface area contributed by atoms with Crippen molar-refractivity contribution in [3.8, 4) is 51.3 Å². The first-order chi connectivity index (χ1) is 23.8. The first-order valence-corrected chi connectivity index (χ1v) is 15.7. The minimum absolute atomic E-state index is 0.598. The van der Waals surface area contributed by atoms with Crippen LogP contribution in [0.3, 0.4) is 0 Å². The Hall–Kier alpha value is -6.66. The van der Waals surface area contributed by atoms with E-state index in [1.54, 1.807) is 0 Å². The zero-order chi connectivity index (χ0) is 32.5. The van der Waals surface area contributed by atoms with Crippen molar-refractivity contribution in [2.75, 3.05) is 0 Å². The molecule has 0 unspecified atom stereocenters. The Kier molecular flexibility index (Phi) is 7.36. The van der Waals surface area contributed by atoms with Gasteiger partial charge in [-0.3, -0.25) is 0 Å². The van der Waals surface area contributed by atoms with Crippen LogP contribution in [0.5, 0.6) is 0 Å². The molecule has 0 aliphatic rings. The van der Waals surface area contributed by atoms with Crippen molar-refractivity contribution in [2.45, 2.75) is 0 Å². The highest BCUT2D eigenvalue weighted by Crippen LogP contribution is 2.38. The van der Waals surface area contributed by atoms with E-state index in [4.69, 9.17) is 24.4 Å². The molecule has 9 aromatic rings. The van der Waals surface area contributed by atoms with Gasteiger partial charge >= 0.3 is 0 Å². The Morgan fingerprint density at radius 3 is 1.65 bits per heavy atom. The summed E-state index contributed by atoms with van der Waals surface area (Å²) < 4.78 is 8.80. The maximum atomic E-state index is 6.54. The molecule has 48 heavy (non-hydrogen) atoms. The molecular weight excluding hydrogens is 590 g/mol. The molecule has 0 N–H and O–H groups in total. The number of para-hydroxylation sites is 1. The van der Waals surface area contributed by atoms with Crippen LogP contribution in [0.4, 0.5) is 0 Å². The van der Waals surface area contributed by atoms with Gasteiger partial charge in [0.05, 0.1) is 11.0 Å². The maximum absolute atomic E-state index is 6.54. The number of fused-ring (bicyclic) bond motifs is 5. The molecule has 9 rings (SSSR count). The fraction of sp³-hybridized carbons (Fsp3) is 0. The van der Waals surface area contributed by atoms with Gasteiger partial charge in [0.2, 0.25) is 5.89 Å². The van der Waals surface area contributed by atoms with Crippen LogP contribution in [0, 0.1) is 0 Å². The molecule has 0 amide bonds. The molecule has 0 saturated heterocycles. The number of rotatable bonds is 5. The van der Waals surface area contributed by atoms with E-state index in [1.807, 2.05) is 103 Å². The SMILES string of the molecule is C=C.c1ccc(-c2nc(-c3ccccc3)nc(-c3cccc(-n4c5ccccc5c5ccc6nc(-c7ccccc7)oc6c54)c3)n2)cc1. The average Bonchev–Trinajstić information content (AvgIpc) is 3.76. The third-order valence-corrected chi connectivity index (χ3v) is 8.27. The van der Waals surface area contributed by atoms with E-state index < -0.39 is 0 Å². The molecule has 6 heteroatoms. The lowest BCUT2D eigenvalue weighted by Gasteiger charge is -2.11. The molecule has 0 fully saturated rings. The Balaban J connectivity index is 0.00000165. The summed E-state index contributed by atoms with van der Waals surface area (Å²) in [7, 11) is 0. The highest BCUT2D eigenvalue weighted by atomic mass is 16.3. The van der Waals surface area contributed by atoms with Crippen LogP contribution in [0.1, 0.15) is 0 Å². The minimum atomic E-state index is 0.598. The molecule has 0 radical (unpaired) electrons. The number of benzene rings is 6. The van der Waals surface area contributed by atoms with Gasteiger partial charge in [-0.25, -0.2) is 19.9 Å². The number of aromatic nitrogens is 5. The van der Waals surface area contributed by atoms with E-state index in [0.29, 0.717) is 23.4 Å². The Bertz CT molecular complexity index is 2480. The van der Waals surface area contributed by atoms with E-state index in [1.165, 1.54) is 0 Å². The first kappa shape index (κ1) is 28.8. The second-order valence-electron chi connectivity index (χ2n) is 11.1. The first-order valence-electron chi connectivity index (χ1n) is 15.7. The van der Waals surface area contributed by atoms with Crippen molar-refractivity contribution in [3.63, 3.8) is 0 Å². The van der Waals surface area contributed by atoms with Crippen LogP contribution in [-0.4, -0.2) is 24.5 Å². The standard InChI is InChI=1S/C40H25N5O.C2H4/c1-4-13-26(14-5-1)37-42-38(27-15-6-2-7-16-27)44-39(43-37)29-19-12-20-30(25-29)45-34-22-11-10-21-31(34)32-23-24-33-36(35(32)45)46-40(41-33)28-17-8-3-9-18-28;1-2/h1-25H;1-2H2. The molecular formula is C42H29N5O. The van der Waals surface area contributed by atoms with Crippen LogP contribution < -0.4 is 0 Å². The lowest BCUT2D eigenvalue weighted by molar-refractivity contribution is 0.622. The van der Waals surface area contributed by atoms with E-state index in [-0.39, 0.29) is 0 Å². The van der Waals surface area contributed by atoms with Crippen molar-refractivity contribution in [1.29, 1.82) is 0 Å². The number of oxazole rings is 1. The second kappa shape index (κ2) is 12.3. The summed E-state index contributed by atoms with van der Waals surface area (Å²) >= 11 is 0. The summed E-state index contributed by atoms with van der Waals surface area (Å²) in [5.41, 5.74) is 8.26. The smallest absolute Gasteiger partial charge is 0.227 e. The fourth-order valence-electron chi connectivity index (χ4n) is 6.13. The predicted octanol–water partition coefficient (Wildman–Crippen LogP) is 10.6.